The molecule has 0 rings (SSSR count). The second kappa shape index (κ2) is 6.91. The predicted octanol–water partition coefficient (Wildman–Crippen LogP) is 2.66. The van der Waals surface area contributed by atoms with Crippen LogP contribution in [-0.2, 0) is 0 Å². The van der Waals surface area contributed by atoms with Crippen molar-refractivity contribution in [1.29, 1.82) is 5.26 Å². The summed E-state index contributed by atoms with van der Waals surface area (Å²) in [6, 6.07) is 2.52. The van der Waals surface area contributed by atoms with Crippen LogP contribution in [0.1, 0.15) is 40.5 Å². The highest BCUT2D eigenvalue weighted by Gasteiger charge is 2.20. The number of rotatable bonds is 6. The number of nitriles is 1. The Morgan fingerprint density at radius 2 is 1.77 bits per heavy atom. The average Bonchev–Trinajstić information content (AvgIpc) is 2.14. The molecule has 0 aliphatic carbocycles. The van der Waals surface area contributed by atoms with Crippen LogP contribution in [0.3, 0.4) is 0 Å². The van der Waals surface area contributed by atoms with Crippen LogP contribution in [0.15, 0.2) is 0 Å². The molecule has 2 atom stereocenters. The zero-order valence-electron chi connectivity index (χ0n) is 9.38. The van der Waals surface area contributed by atoms with Crippen molar-refractivity contribution in [2.45, 2.75) is 46.6 Å². The lowest BCUT2D eigenvalue weighted by Crippen LogP contribution is -2.38. The minimum absolute atomic E-state index is 0.106. The normalized spacial score (nSPS) is 15.4. The van der Waals surface area contributed by atoms with Gasteiger partial charge in [-0.1, -0.05) is 34.1 Å². The van der Waals surface area contributed by atoms with Crippen molar-refractivity contribution >= 4 is 0 Å². The Morgan fingerprint density at radius 3 is 2.08 bits per heavy atom. The number of hydrogen-bond donors (Lipinski definition) is 0. The van der Waals surface area contributed by atoms with Crippen molar-refractivity contribution in [3.05, 3.63) is 0 Å². The molecule has 2 unspecified atom stereocenters. The first kappa shape index (κ1) is 12.4. The van der Waals surface area contributed by atoms with Gasteiger partial charge < -0.3 is 0 Å². The first-order valence-electron chi connectivity index (χ1n) is 5.34. The zero-order chi connectivity index (χ0) is 10.3. The van der Waals surface area contributed by atoms with Gasteiger partial charge in [0, 0.05) is 0 Å². The molecule has 2 heteroatoms. The Kier molecular flexibility index (Phi) is 6.62. The van der Waals surface area contributed by atoms with E-state index in [1.165, 1.54) is 6.42 Å². The molecule has 0 aliphatic heterocycles. The molecule has 0 saturated heterocycles. The van der Waals surface area contributed by atoms with Gasteiger partial charge in [0.2, 0.25) is 0 Å². The van der Waals surface area contributed by atoms with E-state index in [0.29, 0.717) is 5.92 Å². The summed E-state index contributed by atoms with van der Waals surface area (Å²) in [7, 11) is 0. The molecule has 0 saturated carbocycles. The third-order valence-electron chi connectivity index (χ3n) is 2.62. The SMILES string of the molecule is CCCC(C)C(C#N)N(CC)CC. The third kappa shape index (κ3) is 3.78. The van der Waals surface area contributed by atoms with E-state index in [-0.39, 0.29) is 6.04 Å². The predicted molar refractivity (Wildman–Crippen MR) is 56.4 cm³/mol. The summed E-state index contributed by atoms with van der Waals surface area (Å²) in [6.07, 6.45) is 2.31. The van der Waals surface area contributed by atoms with E-state index in [1.54, 1.807) is 0 Å². The van der Waals surface area contributed by atoms with E-state index in [4.69, 9.17) is 5.26 Å². The highest BCUT2D eigenvalue weighted by Crippen LogP contribution is 2.15. The quantitative estimate of drug-likeness (QED) is 0.631. The molecule has 0 aromatic carbocycles. The van der Waals surface area contributed by atoms with E-state index in [2.05, 4.69) is 38.7 Å². The molecule has 13 heavy (non-hydrogen) atoms. The summed E-state index contributed by atoms with van der Waals surface area (Å²) in [5.74, 6) is 0.495. The second-order valence-corrected chi connectivity index (χ2v) is 3.56. The monoisotopic (exact) mass is 182 g/mol. The lowest BCUT2D eigenvalue weighted by Gasteiger charge is -2.28. The summed E-state index contributed by atoms with van der Waals surface area (Å²) in [6.45, 7) is 10.5. The topological polar surface area (TPSA) is 27.0 Å². The van der Waals surface area contributed by atoms with Crippen molar-refractivity contribution < 1.29 is 0 Å². The van der Waals surface area contributed by atoms with Crippen LogP contribution in [0.25, 0.3) is 0 Å². The lowest BCUT2D eigenvalue weighted by atomic mass is 9.96. The number of nitrogens with zero attached hydrogens (tertiary/aromatic N) is 2. The van der Waals surface area contributed by atoms with Gasteiger partial charge in [-0.2, -0.15) is 5.26 Å². The molecule has 0 amide bonds. The Morgan fingerprint density at radius 1 is 1.23 bits per heavy atom. The zero-order valence-corrected chi connectivity index (χ0v) is 9.38. The molecular weight excluding hydrogens is 160 g/mol. The second-order valence-electron chi connectivity index (χ2n) is 3.56. The van der Waals surface area contributed by atoms with E-state index in [1.807, 2.05) is 0 Å². The van der Waals surface area contributed by atoms with Gasteiger partial charge >= 0.3 is 0 Å². The Labute approximate surface area is 82.5 Å². The van der Waals surface area contributed by atoms with Gasteiger partial charge in [0.25, 0.3) is 0 Å². The van der Waals surface area contributed by atoms with E-state index in [0.717, 1.165) is 19.5 Å². The van der Waals surface area contributed by atoms with Gasteiger partial charge in [-0.3, -0.25) is 4.90 Å². The van der Waals surface area contributed by atoms with E-state index < -0.39 is 0 Å². The highest BCUT2D eigenvalue weighted by molar-refractivity contribution is 4.94. The molecule has 0 spiro atoms. The molecule has 76 valence electrons. The van der Waals surface area contributed by atoms with Gasteiger partial charge in [-0.25, -0.2) is 0 Å². The van der Waals surface area contributed by atoms with Crippen molar-refractivity contribution in [2.75, 3.05) is 13.1 Å². The van der Waals surface area contributed by atoms with Crippen LogP contribution in [-0.4, -0.2) is 24.0 Å². The Hall–Kier alpha value is -0.550. The minimum Gasteiger partial charge on any atom is -0.288 e. The van der Waals surface area contributed by atoms with Crippen LogP contribution in [0.4, 0.5) is 0 Å². The van der Waals surface area contributed by atoms with Gasteiger partial charge in [0.1, 0.15) is 6.04 Å². The minimum atomic E-state index is 0.106. The lowest BCUT2D eigenvalue weighted by molar-refractivity contribution is 0.200. The summed E-state index contributed by atoms with van der Waals surface area (Å²) >= 11 is 0. The summed E-state index contributed by atoms with van der Waals surface area (Å²) in [5, 5.41) is 9.06. The Balaban J connectivity index is 4.22. The number of hydrogen-bond acceptors (Lipinski definition) is 2. The van der Waals surface area contributed by atoms with Crippen molar-refractivity contribution in [2.24, 2.45) is 5.92 Å². The first-order chi connectivity index (χ1) is 6.21. The van der Waals surface area contributed by atoms with Crippen LogP contribution in [0.2, 0.25) is 0 Å². The van der Waals surface area contributed by atoms with Gasteiger partial charge in [-0.05, 0) is 25.4 Å². The summed E-state index contributed by atoms with van der Waals surface area (Å²) < 4.78 is 0. The maximum atomic E-state index is 9.06. The largest absolute Gasteiger partial charge is 0.288 e. The molecule has 0 radical (unpaired) electrons. The van der Waals surface area contributed by atoms with Crippen LogP contribution in [0, 0.1) is 17.2 Å². The fourth-order valence-electron chi connectivity index (χ4n) is 1.80. The van der Waals surface area contributed by atoms with E-state index in [9.17, 15) is 0 Å². The van der Waals surface area contributed by atoms with Gasteiger partial charge in [-0.15, -0.1) is 0 Å². The van der Waals surface area contributed by atoms with Gasteiger partial charge in [0.05, 0.1) is 6.07 Å². The van der Waals surface area contributed by atoms with E-state index >= 15 is 0 Å². The van der Waals surface area contributed by atoms with Gasteiger partial charge in [0.15, 0.2) is 0 Å². The molecule has 0 heterocycles. The maximum absolute atomic E-state index is 9.06. The maximum Gasteiger partial charge on any atom is 0.100 e. The standard InChI is InChI=1S/C11H22N2/c1-5-8-10(4)11(9-12)13(6-2)7-3/h10-11H,5-8H2,1-4H3. The smallest absolute Gasteiger partial charge is 0.100 e. The third-order valence-corrected chi connectivity index (χ3v) is 2.62. The van der Waals surface area contributed by atoms with Crippen molar-refractivity contribution in [3.8, 4) is 6.07 Å². The fourth-order valence-corrected chi connectivity index (χ4v) is 1.80. The summed E-state index contributed by atoms with van der Waals surface area (Å²) in [5.41, 5.74) is 0. The van der Waals surface area contributed by atoms with Crippen LogP contribution in [0.5, 0.6) is 0 Å². The molecule has 0 fully saturated rings. The molecule has 0 aliphatic rings. The van der Waals surface area contributed by atoms with Crippen LogP contribution < -0.4 is 0 Å². The van der Waals surface area contributed by atoms with Crippen molar-refractivity contribution in [3.63, 3.8) is 0 Å². The molecular formula is C11H22N2. The highest BCUT2D eigenvalue weighted by atomic mass is 15.1. The molecule has 0 bridgehead atoms. The molecule has 0 aromatic rings. The molecule has 0 aromatic heterocycles. The first-order valence-corrected chi connectivity index (χ1v) is 5.34. The fraction of sp³-hybridized carbons (Fsp3) is 0.909. The van der Waals surface area contributed by atoms with Crippen LogP contribution >= 0.6 is 0 Å². The average molecular weight is 182 g/mol. The van der Waals surface area contributed by atoms with Crippen molar-refractivity contribution in [1.82, 2.24) is 4.90 Å². The summed E-state index contributed by atoms with van der Waals surface area (Å²) in [4.78, 5) is 2.24. The molecule has 2 nitrogen and oxygen atoms in total. The molecule has 0 N–H and O–H groups in total. The Bertz CT molecular complexity index is 156.